The zero-order chi connectivity index (χ0) is 15.3. The first kappa shape index (κ1) is 18.3. The van der Waals surface area contributed by atoms with Crippen molar-refractivity contribution in [2.45, 2.75) is 71.1 Å². The molecule has 0 amide bonds. The van der Waals surface area contributed by atoms with E-state index >= 15 is 0 Å². The summed E-state index contributed by atoms with van der Waals surface area (Å²) in [5.74, 6) is 0.786. The predicted molar refractivity (Wildman–Crippen MR) is 95.9 cm³/mol. The van der Waals surface area contributed by atoms with Crippen LogP contribution in [-0.4, -0.2) is 6.61 Å². The summed E-state index contributed by atoms with van der Waals surface area (Å²) < 4.78 is 6.71. The lowest BCUT2D eigenvalue weighted by atomic mass is 10.1. The van der Waals surface area contributed by atoms with Crippen LogP contribution in [-0.2, 0) is 0 Å². The van der Waals surface area contributed by atoms with Crippen LogP contribution in [0.4, 0.5) is 5.69 Å². The van der Waals surface area contributed by atoms with Gasteiger partial charge in [-0.15, -0.1) is 0 Å². The smallest absolute Gasteiger partial charge is 0.156 e. The summed E-state index contributed by atoms with van der Waals surface area (Å²) in [6.45, 7) is 3.02. The average molecular weight is 356 g/mol. The van der Waals surface area contributed by atoms with Crippen molar-refractivity contribution in [2.24, 2.45) is 0 Å². The van der Waals surface area contributed by atoms with E-state index in [1.807, 2.05) is 18.2 Å². The van der Waals surface area contributed by atoms with Crippen molar-refractivity contribution in [1.29, 1.82) is 0 Å². The molecule has 0 bridgehead atoms. The molecule has 0 aliphatic carbocycles. The molecular weight excluding hydrogens is 326 g/mol. The van der Waals surface area contributed by atoms with Gasteiger partial charge in [0.1, 0.15) is 0 Å². The van der Waals surface area contributed by atoms with Crippen molar-refractivity contribution < 1.29 is 4.74 Å². The molecule has 0 heterocycles. The minimum absolute atomic E-state index is 0.705. The van der Waals surface area contributed by atoms with Gasteiger partial charge in [0, 0.05) is 0 Å². The van der Waals surface area contributed by atoms with Crippen LogP contribution in [0.1, 0.15) is 71.1 Å². The molecule has 0 saturated carbocycles. The topological polar surface area (TPSA) is 35.2 Å². The van der Waals surface area contributed by atoms with Crippen LogP contribution in [0.5, 0.6) is 5.75 Å². The second-order valence-corrected chi connectivity index (χ2v) is 6.54. The SMILES string of the molecule is CCCCCCCCCCCCOc1c(N)cccc1Br. The molecule has 0 spiro atoms. The number of halogens is 1. The number of rotatable bonds is 12. The van der Waals surface area contributed by atoms with Crippen molar-refractivity contribution in [3.63, 3.8) is 0 Å². The fraction of sp³-hybridized carbons (Fsp3) is 0.667. The highest BCUT2D eigenvalue weighted by atomic mass is 79.9. The number of hydrogen-bond acceptors (Lipinski definition) is 2. The highest BCUT2D eigenvalue weighted by Crippen LogP contribution is 2.31. The first-order valence-corrected chi connectivity index (χ1v) is 9.21. The molecule has 0 aliphatic rings. The largest absolute Gasteiger partial charge is 0.490 e. The quantitative estimate of drug-likeness (QED) is 0.351. The highest BCUT2D eigenvalue weighted by Gasteiger charge is 2.04. The third-order valence-electron chi connectivity index (χ3n) is 3.74. The molecule has 1 aromatic carbocycles. The van der Waals surface area contributed by atoms with Gasteiger partial charge < -0.3 is 10.5 Å². The second kappa shape index (κ2) is 11.9. The van der Waals surface area contributed by atoms with Crippen LogP contribution >= 0.6 is 15.9 Å². The van der Waals surface area contributed by atoms with Crippen molar-refractivity contribution in [3.05, 3.63) is 22.7 Å². The van der Waals surface area contributed by atoms with E-state index in [1.54, 1.807) is 0 Å². The fourth-order valence-corrected chi connectivity index (χ4v) is 2.94. The Morgan fingerprint density at radius 1 is 0.905 bits per heavy atom. The Bertz CT molecular complexity index is 361. The lowest BCUT2D eigenvalue weighted by Crippen LogP contribution is -2.01. The summed E-state index contributed by atoms with van der Waals surface area (Å²) in [7, 11) is 0. The van der Waals surface area contributed by atoms with E-state index in [0.717, 1.165) is 23.2 Å². The Labute approximate surface area is 138 Å². The van der Waals surface area contributed by atoms with Crippen LogP contribution in [0.15, 0.2) is 22.7 Å². The van der Waals surface area contributed by atoms with Gasteiger partial charge >= 0.3 is 0 Å². The minimum Gasteiger partial charge on any atom is -0.490 e. The monoisotopic (exact) mass is 355 g/mol. The summed E-state index contributed by atoms with van der Waals surface area (Å²) in [5.41, 5.74) is 6.60. The molecule has 2 N–H and O–H groups in total. The number of nitrogen functional groups attached to an aromatic ring is 1. The molecule has 120 valence electrons. The van der Waals surface area contributed by atoms with Crippen molar-refractivity contribution in [1.82, 2.24) is 0 Å². The maximum atomic E-state index is 5.90. The van der Waals surface area contributed by atoms with Gasteiger partial charge in [-0.25, -0.2) is 0 Å². The molecule has 0 saturated heterocycles. The highest BCUT2D eigenvalue weighted by molar-refractivity contribution is 9.10. The van der Waals surface area contributed by atoms with Gasteiger partial charge in [0.2, 0.25) is 0 Å². The zero-order valence-electron chi connectivity index (χ0n) is 13.4. The lowest BCUT2D eigenvalue weighted by molar-refractivity contribution is 0.304. The summed E-state index contributed by atoms with van der Waals surface area (Å²) in [6.07, 6.45) is 13.4. The van der Waals surface area contributed by atoms with Gasteiger partial charge in [-0.1, -0.05) is 70.8 Å². The first-order valence-electron chi connectivity index (χ1n) is 8.42. The number of benzene rings is 1. The Morgan fingerprint density at radius 2 is 1.48 bits per heavy atom. The Morgan fingerprint density at radius 3 is 2.05 bits per heavy atom. The summed E-state index contributed by atoms with van der Waals surface area (Å²) >= 11 is 3.47. The van der Waals surface area contributed by atoms with Crippen LogP contribution in [0, 0.1) is 0 Å². The van der Waals surface area contributed by atoms with E-state index < -0.39 is 0 Å². The number of unbranched alkanes of at least 4 members (excludes halogenated alkanes) is 9. The number of ether oxygens (including phenoxy) is 1. The van der Waals surface area contributed by atoms with E-state index in [1.165, 1.54) is 57.8 Å². The second-order valence-electron chi connectivity index (χ2n) is 5.69. The van der Waals surface area contributed by atoms with Gasteiger partial charge in [-0.05, 0) is 34.5 Å². The van der Waals surface area contributed by atoms with Crippen LogP contribution < -0.4 is 10.5 Å². The average Bonchev–Trinajstić information content (AvgIpc) is 2.47. The number of para-hydroxylation sites is 1. The summed E-state index contributed by atoms with van der Waals surface area (Å²) in [5, 5.41) is 0. The van der Waals surface area contributed by atoms with E-state index in [0.29, 0.717) is 5.69 Å². The maximum Gasteiger partial charge on any atom is 0.156 e. The van der Waals surface area contributed by atoms with E-state index in [9.17, 15) is 0 Å². The van der Waals surface area contributed by atoms with Crippen LogP contribution in [0.25, 0.3) is 0 Å². The number of anilines is 1. The molecule has 0 unspecified atom stereocenters. The molecule has 1 rings (SSSR count). The molecule has 0 atom stereocenters. The molecule has 2 nitrogen and oxygen atoms in total. The van der Waals surface area contributed by atoms with Gasteiger partial charge in [0.15, 0.2) is 5.75 Å². The minimum atomic E-state index is 0.705. The normalized spacial score (nSPS) is 10.8. The summed E-state index contributed by atoms with van der Waals surface area (Å²) in [4.78, 5) is 0. The van der Waals surface area contributed by atoms with E-state index in [2.05, 4.69) is 22.9 Å². The third kappa shape index (κ3) is 8.35. The van der Waals surface area contributed by atoms with Crippen LogP contribution in [0.2, 0.25) is 0 Å². The van der Waals surface area contributed by atoms with Gasteiger partial charge in [-0.3, -0.25) is 0 Å². The lowest BCUT2D eigenvalue weighted by Gasteiger charge is -2.10. The van der Waals surface area contributed by atoms with Crippen molar-refractivity contribution >= 4 is 21.6 Å². The first-order chi connectivity index (χ1) is 10.3. The molecule has 21 heavy (non-hydrogen) atoms. The Hall–Kier alpha value is -0.700. The molecule has 1 aromatic rings. The van der Waals surface area contributed by atoms with Crippen molar-refractivity contribution in [3.8, 4) is 5.75 Å². The van der Waals surface area contributed by atoms with E-state index in [-0.39, 0.29) is 0 Å². The molecule has 3 heteroatoms. The summed E-state index contributed by atoms with van der Waals surface area (Å²) in [6, 6.07) is 5.76. The van der Waals surface area contributed by atoms with E-state index in [4.69, 9.17) is 10.5 Å². The van der Waals surface area contributed by atoms with Crippen molar-refractivity contribution in [2.75, 3.05) is 12.3 Å². The van der Waals surface area contributed by atoms with Crippen LogP contribution in [0.3, 0.4) is 0 Å². The van der Waals surface area contributed by atoms with Gasteiger partial charge in [-0.2, -0.15) is 0 Å². The van der Waals surface area contributed by atoms with Gasteiger partial charge in [0.05, 0.1) is 16.8 Å². The predicted octanol–water partition coefficient (Wildman–Crippen LogP) is 6.33. The molecule has 0 fully saturated rings. The number of hydrogen-bond donors (Lipinski definition) is 1. The third-order valence-corrected chi connectivity index (χ3v) is 4.37. The zero-order valence-corrected chi connectivity index (χ0v) is 15.0. The molecular formula is C18H30BrNO. The Balaban J connectivity index is 1.95. The fourth-order valence-electron chi connectivity index (χ4n) is 2.44. The maximum absolute atomic E-state index is 5.90. The molecule has 0 radical (unpaired) electrons. The molecule has 0 aliphatic heterocycles. The number of nitrogens with two attached hydrogens (primary N) is 1. The molecule has 0 aromatic heterocycles. The Kier molecular flexibility index (Phi) is 10.4. The van der Waals surface area contributed by atoms with Gasteiger partial charge in [0.25, 0.3) is 0 Å². The standard InChI is InChI=1S/C18H30BrNO/c1-2-3-4-5-6-7-8-9-10-11-15-21-18-16(19)13-12-14-17(18)20/h12-14H,2-11,15,20H2,1H3.